The van der Waals surface area contributed by atoms with E-state index in [9.17, 15) is 4.79 Å². The van der Waals surface area contributed by atoms with Crippen LogP contribution in [0.2, 0.25) is 0 Å². The Kier molecular flexibility index (Phi) is 5.92. The molecular formula is C29H28N6O2. The Bertz CT molecular complexity index is 1590. The monoisotopic (exact) mass is 492 g/mol. The highest BCUT2D eigenvalue weighted by molar-refractivity contribution is 5.84. The van der Waals surface area contributed by atoms with Gasteiger partial charge in [0.15, 0.2) is 0 Å². The van der Waals surface area contributed by atoms with E-state index in [1.54, 1.807) is 13.2 Å². The number of imidazole rings is 1. The molecule has 37 heavy (non-hydrogen) atoms. The molecule has 6 rings (SSSR count). The normalized spacial score (nSPS) is 17.6. The molecule has 0 saturated heterocycles. The van der Waals surface area contributed by atoms with Crippen LogP contribution in [0.4, 0.5) is 5.82 Å². The number of nitrogens with zero attached hydrogens (tertiary/aromatic N) is 4. The molecule has 1 amide bonds. The zero-order chi connectivity index (χ0) is 25.4. The average molecular weight is 493 g/mol. The molecule has 0 radical (unpaired) electrons. The summed E-state index contributed by atoms with van der Waals surface area (Å²) in [6, 6.07) is 19.5. The van der Waals surface area contributed by atoms with Gasteiger partial charge in [-0.3, -0.25) is 9.20 Å². The third-order valence-corrected chi connectivity index (χ3v) is 7.22. The first-order chi connectivity index (χ1) is 18.1. The lowest BCUT2D eigenvalue weighted by atomic mass is 9.81. The van der Waals surface area contributed by atoms with Crippen LogP contribution in [-0.2, 0) is 4.79 Å². The fraction of sp³-hybridized carbons (Fsp3) is 0.241. The molecule has 8 heteroatoms. The molecule has 0 bridgehead atoms. The Morgan fingerprint density at radius 1 is 1.03 bits per heavy atom. The fourth-order valence-electron chi connectivity index (χ4n) is 5.22. The number of ether oxygens (including phenoxy) is 1. The summed E-state index contributed by atoms with van der Waals surface area (Å²) in [5.74, 6) is 3.15. The molecule has 8 nitrogen and oxygen atoms in total. The van der Waals surface area contributed by atoms with E-state index in [2.05, 4.69) is 14.7 Å². The van der Waals surface area contributed by atoms with Gasteiger partial charge in [-0.25, -0.2) is 15.0 Å². The Morgan fingerprint density at radius 3 is 2.59 bits per heavy atom. The number of benzene rings is 2. The van der Waals surface area contributed by atoms with Gasteiger partial charge < -0.3 is 15.8 Å². The average Bonchev–Trinajstić information content (AvgIpc) is 3.37. The van der Waals surface area contributed by atoms with Gasteiger partial charge in [0, 0.05) is 42.1 Å². The summed E-state index contributed by atoms with van der Waals surface area (Å²) in [6.07, 6.45) is 7.34. The second-order valence-corrected chi connectivity index (χ2v) is 9.52. The first-order valence-corrected chi connectivity index (χ1v) is 12.6. The third kappa shape index (κ3) is 4.46. The van der Waals surface area contributed by atoms with E-state index in [0.29, 0.717) is 11.7 Å². The minimum Gasteiger partial charge on any atom is -0.439 e. The lowest BCUT2D eigenvalue weighted by Gasteiger charge is -2.26. The molecule has 2 aromatic carbocycles. The zero-order valence-corrected chi connectivity index (χ0v) is 20.6. The van der Waals surface area contributed by atoms with Crippen LogP contribution in [0, 0.1) is 5.92 Å². The number of pyridine rings is 1. The second-order valence-electron chi connectivity index (χ2n) is 9.52. The van der Waals surface area contributed by atoms with E-state index >= 15 is 0 Å². The van der Waals surface area contributed by atoms with Gasteiger partial charge in [-0.1, -0.05) is 30.3 Å². The molecule has 0 aliphatic heterocycles. The van der Waals surface area contributed by atoms with Gasteiger partial charge in [0.25, 0.3) is 0 Å². The van der Waals surface area contributed by atoms with Crippen LogP contribution in [-0.4, -0.2) is 32.3 Å². The van der Waals surface area contributed by atoms with Gasteiger partial charge >= 0.3 is 0 Å². The quantitative estimate of drug-likeness (QED) is 0.343. The molecule has 1 saturated carbocycles. The summed E-state index contributed by atoms with van der Waals surface area (Å²) in [6.45, 7) is 0. The second kappa shape index (κ2) is 9.54. The number of aromatic nitrogens is 4. The molecule has 3 aromatic heterocycles. The number of para-hydroxylation sites is 1. The Hall–Kier alpha value is -4.46. The maximum atomic E-state index is 12.1. The van der Waals surface area contributed by atoms with E-state index in [-0.39, 0.29) is 17.7 Å². The van der Waals surface area contributed by atoms with Gasteiger partial charge in [-0.15, -0.1) is 0 Å². The van der Waals surface area contributed by atoms with Gasteiger partial charge in [0.1, 0.15) is 22.9 Å². The molecule has 3 heterocycles. The number of amides is 1. The molecular weight excluding hydrogens is 464 g/mol. The van der Waals surface area contributed by atoms with E-state index in [1.807, 2.05) is 66.9 Å². The van der Waals surface area contributed by atoms with E-state index in [1.165, 1.54) is 0 Å². The molecule has 1 aliphatic carbocycles. The number of anilines is 1. The van der Waals surface area contributed by atoms with Crippen LogP contribution in [0.1, 0.15) is 37.4 Å². The van der Waals surface area contributed by atoms with Crippen molar-refractivity contribution in [2.45, 2.75) is 31.6 Å². The van der Waals surface area contributed by atoms with Crippen molar-refractivity contribution in [3.63, 3.8) is 0 Å². The van der Waals surface area contributed by atoms with E-state index in [0.717, 1.165) is 64.9 Å². The SMILES string of the molecule is CNC(=O)C1CCC(c2ncc3c(N)nc(-c4ccc5ccc(Oc6ccccc6)nc5c4)cn23)CC1. The maximum absolute atomic E-state index is 12.1. The first kappa shape index (κ1) is 23.0. The van der Waals surface area contributed by atoms with Gasteiger partial charge in [0.2, 0.25) is 11.8 Å². The van der Waals surface area contributed by atoms with Gasteiger partial charge in [-0.2, -0.15) is 0 Å². The lowest BCUT2D eigenvalue weighted by molar-refractivity contribution is -0.125. The Labute approximate surface area is 214 Å². The third-order valence-electron chi connectivity index (χ3n) is 7.22. The van der Waals surface area contributed by atoms with Crippen LogP contribution >= 0.6 is 0 Å². The van der Waals surface area contributed by atoms with Crippen molar-refractivity contribution in [2.75, 3.05) is 12.8 Å². The number of rotatable bonds is 5. The van der Waals surface area contributed by atoms with Crippen LogP contribution in [0.5, 0.6) is 11.6 Å². The Balaban J connectivity index is 1.32. The minimum atomic E-state index is 0.0793. The molecule has 0 atom stereocenters. The minimum absolute atomic E-state index is 0.0793. The zero-order valence-electron chi connectivity index (χ0n) is 20.6. The van der Waals surface area contributed by atoms with Crippen molar-refractivity contribution in [1.29, 1.82) is 0 Å². The van der Waals surface area contributed by atoms with Crippen molar-refractivity contribution >= 4 is 28.1 Å². The number of hydrogen-bond acceptors (Lipinski definition) is 6. The maximum Gasteiger partial charge on any atom is 0.222 e. The van der Waals surface area contributed by atoms with Crippen LogP contribution < -0.4 is 15.8 Å². The molecule has 0 spiro atoms. The van der Waals surface area contributed by atoms with Gasteiger partial charge in [-0.05, 0) is 49.9 Å². The molecule has 0 unspecified atom stereocenters. The van der Waals surface area contributed by atoms with Crippen molar-refractivity contribution in [2.24, 2.45) is 5.92 Å². The summed E-state index contributed by atoms with van der Waals surface area (Å²) in [5, 5.41) is 3.79. The molecule has 5 aromatic rings. The Morgan fingerprint density at radius 2 is 1.81 bits per heavy atom. The highest BCUT2D eigenvalue weighted by atomic mass is 16.5. The first-order valence-electron chi connectivity index (χ1n) is 12.6. The van der Waals surface area contributed by atoms with Crippen LogP contribution in [0.3, 0.4) is 0 Å². The van der Waals surface area contributed by atoms with Crippen LogP contribution in [0.25, 0.3) is 27.7 Å². The standard InChI is InChI=1S/C29H28N6O2/c1-31-29(36)20-10-8-19(9-11-20)28-32-16-25-27(30)34-24(17-35(25)28)21-12-7-18-13-14-26(33-23(18)15-21)37-22-5-3-2-4-6-22/h2-7,12-17,19-20H,8-11H2,1H3,(H2,30,34)(H,31,36). The summed E-state index contributed by atoms with van der Waals surface area (Å²) in [5.41, 5.74) is 9.65. The molecule has 186 valence electrons. The van der Waals surface area contributed by atoms with Gasteiger partial charge in [0.05, 0.1) is 17.4 Å². The molecule has 1 fully saturated rings. The van der Waals surface area contributed by atoms with E-state index < -0.39 is 0 Å². The summed E-state index contributed by atoms with van der Waals surface area (Å²) < 4.78 is 7.99. The number of carbonyl (C=O) groups excluding carboxylic acids is 1. The van der Waals surface area contributed by atoms with Crippen molar-refractivity contribution in [1.82, 2.24) is 24.7 Å². The summed E-state index contributed by atoms with van der Waals surface area (Å²) >= 11 is 0. The number of hydrogen-bond donors (Lipinski definition) is 2. The van der Waals surface area contributed by atoms with Crippen LogP contribution in [0.15, 0.2) is 73.1 Å². The predicted molar refractivity (Wildman–Crippen MR) is 143 cm³/mol. The summed E-state index contributed by atoms with van der Waals surface area (Å²) in [7, 11) is 1.70. The van der Waals surface area contributed by atoms with E-state index in [4.69, 9.17) is 20.4 Å². The largest absolute Gasteiger partial charge is 0.439 e. The number of fused-ring (bicyclic) bond motifs is 2. The number of nitrogens with two attached hydrogens (primary N) is 1. The number of nitrogen functional groups attached to an aromatic ring is 1. The van der Waals surface area contributed by atoms with Crippen molar-refractivity contribution in [3.05, 3.63) is 78.9 Å². The smallest absolute Gasteiger partial charge is 0.222 e. The summed E-state index contributed by atoms with van der Waals surface area (Å²) in [4.78, 5) is 26.2. The number of nitrogens with one attached hydrogen (secondary N) is 1. The highest BCUT2D eigenvalue weighted by Crippen LogP contribution is 2.36. The van der Waals surface area contributed by atoms with Crippen molar-refractivity contribution in [3.8, 4) is 22.9 Å². The highest BCUT2D eigenvalue weighted by Gasteiger charge is 2.29. The number of carbonyl (C=O) groups is 1. The topological polar surface area (TPSA) is 107 Å². The predicted octanol–water partition coefficient (Wildman–Crippen LogP) is 5.34. The molecule has 3 N–H and O–H groups in total. The fourth-order valence-corrected chi connectivity index (χ4v) is 5.22. The molecule has 1 aliphatic rings. The lowest BCUT2D eigenvalue weighted by Crippen LogP contribution is -2.30. The van der Waals surface area contributed by atoms with Crippen molar-refractivity contribution < 1.29 is 9.53 Å².